The van der Waals surface area contributed by atoms with E-state index in [1.54, 1.807) is 12.1 Å². The van der Waals surface area contributed by atoms with Gasteiger partial charge < -0.3 is 15.5 Å². The molecule has 0 fully saturated rings. The van der Waals surface area contributed by atoms with Crippen LogP contribution in [0.3, 0.4) is 0 Å². The molecule has 1 amide bonds. The molecule has 3 aromatic rings. The van der Waals surface area contributed by atoms with Gasteiger partial charge in [0.1, 0.15) is 5.75 Å². The van der Waals surface area contributed by atoms with Gasteiger partial charge in [-0.3, -0.25) is 4.79 Å². The minimum atomic E-state index is -1.23. The van der Waals surface area contributed by atoms with Gasteiger partial charge in [-0.05, 0) is 41.1 Å². The van der Waals surface area contributed by atoms with E-state index in [4.69, 9.17) is 5.11 Å². The van der Waals surface area contributed by atoms with Gasteiger partial charge in [-0.25, -0.2) is 4.79 Å². The van der Waals surface area contributed by atoms with Crippen LogP contribution in [0.25, 0.3) is 10.8 Å². The average molecular weight is 307 g/mol. The number of phenols is 1. The van der Waals surface area contributed by atoms with Crippen molar-refractivity contribution < 1.29 is 19.8 Å². The standard InChI is InChI=1S/C18H13NO4/c20-14-7-8-16(15(10-14)18(22)23)19-17(21)13-6-5-11-3-1-2-4-12(11)9-13/h1-10,20H,(H,19,21)(H,22,23). The first kappa shape index (κ1) is 14.6. The number of aromatic carboxylic acids is 1. The van der Waals surface area contributed by atoms with Crippen molar-refractivity contribution in [2.24, 2.45) is 0 Å². The maximum Gasteiger partial charge on any atom is 0.337 e. The summed E-state index contributed by atoms with van der Waals surface area (Å²) >= 11 is 0. The van der Waals surface area contributed by atoms with Gasteiger partial charge in [0.2, 0.25) is 0 Å². The van der Waals surface area contributed by atoms with E-state index in [9.17, 15) is 14.7 Å². The van der Waals surface area contributed by atoms with Crippen LogP contribution in [0.2, 0.25) is 0 Å². The lowest BCUT2D eigenvalue weighted by Crippen LogP contribution is -2.14. The lowest BCUT2D eigenvalue weighted by atomic mass is 10.1. The normalized spacial score (nSPS) is 10.4. The zero-order chi connectivity index (χ0) is 16.4. The predicted octanol–water partition coefficient (Wildman–Crippen LogP) is 3.50. The van der Waals surface area contributed by atoms with Crippen LogP contribution in [0, 0.1) is 0 Å². The summed E-state index contributed by atoms with van der Waals surface area (Å²) in [4.78, 5) is 23.6. The number of rotatable bonds is 3. The van der Waals surface area contributed by atoms with Crippen molar-refractivity contribution in [3.63, 3.8) is 0 Å². The van der Waals surface area contributed by atoms with E-state index in [2.05, 4.69) is 5.32 Å². The molecule has 0 aliphatic rings. The number of fused-ring (bicyclic) bond motifs is 1. The number of carbonyl (C=O) groups is 2. The third-order valence-corrected chi connectivity index (χ3v) is 3.49. The van der Waals surface area contributed by atoms with E-state index in [0.29, 0.717) is 5.56 Å². The van der Waals surface area contributed by atoms with E-state index in [1.807, 2.05) is 30.3 Å². The zero-order valence-electron chi connectivity index (χ0n) is 12.0. The molecule has 3 rings (SSSR count). The highest BCUT2D eigenvalue weighted by molar-refractivity contribution is 6.09. The summed E-state index contributed by atoms with van der Waals surface area (Å²) in [5.41, 5.74) is 0.390. The van der Waals surface area contributed by atoms with Crippen LogP contribution in [0.1, 0.15) is 20.7 Å². The fourth-order valence-electron chi connectivity index (χ4n) is 2.34. The summed E-state index contributed by atoms with van der Waals surface area (Å²) < 4.78 is 0. The second-order valence-electron chi connectivity index (χ2n) is 5.05. The number of amides is 1. The summed E-state index contributed by atoms with van der Waals surface area (Å²) in [5.74, 6) is -1.82. The number of hydrogen-bond acceptors (Lipinski definition) is 3. The highest BCUT2D eigenvalue weighted by Crippen LogP contribution is 2.23. The molecule has 5 heteroatoms. The van der Waals surface area contributed by atoms with Gasteiger partial charge >= 0.3 is 5.97 Å². The lowest BCUT2D eigenvalue weighted by molar-refractivity contribution is 0.0697. The highest BCUT2D eigenvalue weighted by Gasteiger charge is 2.14. The van der Waals surface area contributed by atoms with Gasteiger partial charge in [0.25, 0.3) is 5.91 Å². The fraction of sp³-hybridized carbons (Fsp3) is 0. The van der Waals surface area contributed by atoms with Crippen LogP contribution in [0.5, 0.6) is 5.75 Å². The van der Waals surface area contributed by atoms with Gasteiger partial charge in [0.05, 0.1) is 11.3 Å². The zero-order valence-corrected chi connectivity index (χ0v) is 12.0. The number of nitrogens with one attached hydrogen (secondary N) is 1. The van der Waals surface area contributed by atoms with Crippen LogP contribution >= 0.6 is 0 Å². The topological polar surface area (TPSA) is 86.6 Å². The number of aromatic hydroxyl groups is 1. The Morgan fingerprint density at radius 1 is 0.870 bits per heavy atom. The Bertz CT molecular complexity index is 918. The number of anilines is 1. The number of phenolic OH excluding ortho intramolecular Hbond substituents is 1. The quantitative estimate of drug-likeness (QED) is 0.646. The van der Waals surface area contributed by atoms with Crippen molar-refractivity contribution in [1.82, 2.24) is 0 Å². The summed E-state index contributed by atoms with van der Waals surface area (Å²) in [6.07, 6.45) is 0. The molecule has 0 radical (unpaired) electrons. The van der Waals surface area contributed by atoms with Crippen molar-refractivity contribution in [3.05, 3.63) is 71.8 Å². The molecule has 3 aromatic carbocycles. The third kappa shape index (κ3) is 2.98. The Kier molecular flexibility index (Phi) is 3.68. The van der Waals surface area contributed by atoms with Gasteiger partial charge in [0, 0.05) is 5.56 Å². The van der Waals surface area contributed by atoms with E-state index in [0.717, 1.165) is 16.8 Å². The molecule has 0 aromatic heterocycles. The molecule has 0 heterocycles. The summed E-state index contributed by atoms with van der Waals surface area (Å²) in [5, 5.41) is 23.0. The molecule has 0 aliphatic carbocycles. The van der Waals surface area contributed by atoms with Crippen molar-refractivity contribution in [3.8, 4) is 5.75 Å². The Morgan fingerprint density at radius 2 is 1.61 bits per heavy atom. The van der Waals surface area contributed by atoms with Crippen molar-refractivity contribution >= 4 is 28.3 Å². The van der Waals surface area contributed by atoms with Crippen LogP contribution in [0.15, 0.2) is 60.7 Å². The average Bonchev–Trinajstić information content (AvgIpc) is 2.55. The molecule has 0 atom stereocenters. The number of hydrogen-bond donors (Lipinski definition) is 3. The molecule has 0 unspecified atom stereocenters. The maximum atomic E-state index is 12.4. The predicted molar refractivity (Wildman–Crippen MR) is 87.0 cm³/mol. The molecular weight excluding hydrogens is 294 g/mol. The Balaban J connectivity index is 1.93. The Hall–Kier alpha value is -3.34. The van der Waals surface area contributed by atoms with Crippen LogP contribution in [-0.2, 0) is 0 Å². The third-order valence-electron chi connectivity index (χ3n) is 3.49. The minimum absolute atomic E-state index is 0.133. The van der Waals surface area contributed by atoms with Crippen LogP contribution in [0.4, 0.5) is 5.69 Å². The van der Waals surface area contributed by atoms with Gasteiger partial charge in [0.15, 0.2) is 0 Å². The minimum Gasteiger partial charge on any atom is -0.508 e. The monoisotopic (exact) mass is 307 g/mol. The molecule has 0 bridgehead atoms. The number of benzene rings is 3. The summed E-state index contributed by atoms with van der Waals surface area (Å²) in [6, 6.07) is 16.7. The molecule has 3 N–H and O–H groups in total. The van der Waals surface area contributed by atoms with Gasteiger partial charge in [-0.1, -0.05) is 30.3 Å². The first-order chi connectivity index (χ1) is 11.0. The molecule has 114 valence electrons. The van der Waals surface area contributed by atoms with Gasteiger partial charge in [-0.2, -0.15) is 0 Å². The number of carboxylic acids is 1. The van der Waals surface area contributed by atoms with Crippen molar-refractivity contribution in [2.45, 2.75) is 0 Å². The smallest absolute Gasteiger partial charge is 0.337 e. The molecule has 0 saturated carbocycles. The first-order valence-corrected chi connectivity index (χ1v) is 6.91. The first-order valence-electron chi connectivity index (χ1n) is 6.91. The number of carbonyl (C=O) groups excluding carboxylic acids is 1. The SMILES string of the molecule is O=C(Nc1ccc(O)cc1C(=O)O)c1ccc2ccccc2c1. The number of carboxylic acid groups (broad SMARTS) is 1. The second kappa shape index (κ2) is 5.81. The molecular formula is C18H13NO4. The van der Waals surface area contributed by atoms with Gasteiger partial charge in [-0.15, -0.1) is 0 Å². The molecule has 23 heavy (non-hydrogen) atoms. The lowest BCUT2D eigenvalue weighted by Gasteiger charge is -2.09. The van der Waals surface area contributed by atoms with Crippen molar-refractivity contribution in [2.75, 3.05) is 5.32 Å². The van der Waals surface area contributed by atoms with E-state index in [-0.39, 0.29) is 17.0 Å². The Morgan fingerprint density at radius 3 is 2.35 bits per heavy atom. The van der Waals surface area contributed by atoms with E-state index in [1.165, 1.54) is 12.1 Å². The second-order valence-corrected chi connectivity index (χ2v) is 5.05. The Labute approximate surface area is 131 Å². The maximum absolute atomic E-state index is 12.4. The summed E-state index contributed by atoms with van der Waals surface area (Å²) in [7, 11) is 0. The fourth-order valence-corrected chi connectivity index (χ4v) is 2.34. The highest BCUT2D eigenvalue weighted by atomic mass is 16.4. The molecule has 0 aliphatic heterocycles. The van der Waals surface area contributed by atoms with E-state index < -0.39 is 11.9 Å². The van der Waals surface area contributed by atoms with Crippen LogP contribution < -0.4 is 5.32 Å². The van der Waals surface area contributed by atoms with Crippen LogP contribution in [-0.4, -0.2) is 22.1 Å². The molecule has 0 spiro atoms. The van der Waals surface area contributed by atoms with Crippen molar-refractivity contribution in [1.29, 1.82) is 0 Å². The molecule has 5 nitrogen and oxygen atoms in total. The molecule has 0 saturated heterocycles. The summed E-state index contributed by atoms with van der Waals surface area (Å²) in [6.45, 7) is 0. The van der Waals surface area contributed by atoms with E-state index >= 15 is 0 Å². The largest absolute Gasteiger partial charge is 0.508 e.